The van der Waals surface area contributed by atoms with Gasteiger partial charge in [0.15, 0.2) is 0 Å². The molecule has 2 atom stereocenters. The van der Waals surface area contributed by atoms with Gasteiger partial charge >= 0.3 is 0 Å². The quantitative estimate of drug-likeness (QED) is 0.838. The molecule has 0 spiro atoms. The third-order valence-electron chi connectivity index (χ3n) is 3.77. The summed E-state index contributed by atoms with van der Waals surface area (Å²) in [5.41, 5.74) is 5.75. The molecule has 4 nitrogen and oxygen atoms in total. The zero-order valence-corrected chi connectivity index (χ0v) is 12.9. The van der Waals surface area contributed by atoms with E-state index in [1.807, 2.05) is 0 Å². The van der Waals surface area contributed by atoms with Gasteiger partial charge in [0, 0.05) is 16.6 Å². The van der Waals surface area contributed by atoms with Crippen molar-refractivity contribution in [2.24, 2.45) is 0 Å². The van der Waals surface area contributed by atoms with E-state index >= 15 is 0 Å². The van der Waals surface area contributed by atoms with E-state index in [1.54, 1.807) is 6.92 Å². The van der Waals surface area contributed by atoms with Gasteiger partial charge in [0.05, 0.1) is 10.8 Å². The number of nitrogens with one attached hydrogen (secondary N) is 1. The summed E-state index contributed by atoms with van der Waals surface area (Å²) in [7, 11) is -1.62. The molecule has 2 rings (SSSR count). The highest BCUT2D eigenvalue weighted by atomic mass is 32.2. The van der Waals surface area contributed by atoms with Crippen molar-refractivity contribution in [3.63, 3.8) is 0 Å². The van der Waals surface area contributed by atoms with Gasteiger partial charge in [-0.15, -0.1) is 0 Å². The van der Waals surface area contributed by atoms with Crippen molar-refractivity contribution in [1.82, 2.24) is 5.32 Å². The van der Waals surface area contributed by atoms with Crippen LogP contribution in [0, 0.1) is 5.82 Å². The minimum atomic E-state index is -1.62. The van der Waals surface area contributed by atoms with Crippen LogP contribution in [-0.2, 0) is 15.6 Å². The maximum atomic E-state index is 13.3. The minimum absolute atomic E-state index is 0.170. The average molecular weight is 312 g/mol. The van der Waals surface area contributed by atoms with E-state index in [0.717, 1.165) is 37.8 Å². The van der Waals surface area contributed by atoms with E-state index < -0.39 is 21.9 Å². The predicted molar refractivity (Wildman–Crippen MR) is 81.7 cm³/mol. The standard InChI is InChI=1S/C15H21FN2O2S/c1-10(15(19)18-13-5-3-2-4-6-13)21(20)14-8-11(16)7-12(17)9-14/h7-10,13H,2-6,17H2,1H3,(H,18,19). The second-order valence-corrected chi connectivity index (χ2v) is 7.28. The minimum Gasteiger partial charge on any atom is -0.399 e. The predicted octanol–water partition coefficient (Wildman–Crippen LogP) is 2.35. The Kier molecular flexibility index (Phi) is 5.33. The number of rotatable bonds is 4. The summed E-state index contributed by atoms with van der Waals surface area (Å²) < 4.78 is 25.7. The molecular formula is C15H21FN2O2S. The number of carbonyl (C=O) groups is 1. The number of hydrogen-bond acceptors (Lipinski definition) is 3. The summed E-state index contributed by atoms with van der Waals surface area (Å²) in [6, 6.07) is 3.94. The lowest BCUT2D eigenvalue weighted by Gasteiger charge is -2.24. The van der Waals surface area contributed by atoms with Gasteiger partial charge in [0.1, 0.15) is 11.1 Å². The largest absolute Gasteiger partial charge is 0.399 e. The van der Waals surface area contributed by atoms with Crippen molar-refractivity contribution in [2.45, 2.75) is 55.2 Å². The SMILES string of the molecule is CC(C(=O)NC1CCCCC1)S(=O)c1cc(N)cc(F)c1. The fraction of sp³-hybridized carbons (Fsp3) is 0.533. The van der Waals surface area contributed by atoms with Crippen LogP contribution in [0.1, 0.15) is 39.0 Å². The number of nitrogen functional groups attached to an aromatic ring is 1. The lowest BCUT2D eigenvalue weighted by Crippen LogP contribution is -2.42. The van der Waals surface area contributed by atoms with Gasteiger partial charge in [0.25, 0.3) is 0 Å². The van der Waals surface area contributed by atoms with Crippen LogP contribution in [-0.4, -0.2) is 21.4 Å². The highest BCUT2D eigenvalue weighted by molar-refractivity contribution is 7.86. The molecule has 1 aromatic rings. The molecule has 1 saturated carbocycles. The van der Waals surface area contributed by atoms with Crippen LogP contribution in [0.4, 0.5) is 10.1 Å². The van der Waals surface area contributed by atoms with E-state index in [4.69, 9.17) is 5.73 Å². The van der Waals surface area contributed by atoms with Crippen LogP contribution < -0.4 is 11.1 Å². The Morgan fingerprint density at radius 3 is 2.62 bits per heavy atom. The topological polar surface area (TPSA) is 72.2 Å². The Morgan fingerprint density at radius 2 is 2.00 bits per heavy atom. The van der Waals surface area contributed by atoms with Gasteiger partial charge in [-0.25, -0.2) is 4.39 Å². The fourth-order valence-electron chi connectivity index (χ4n) is 2.57. The fourth-order valence-corrected chi connectivity index (χ4v) is 3.72. The Morgan fingerprint density at radius 1 is 1.33 bits per heavy atom. The first kappa shape index (κ1) is 15.9. The van der Waals surface area contributed by atoms with Crippen LogP contribution in [0.25, 0.3) is 0 Å². The summed E-state index contributed by atoms with van der Waals surface area (Å²) in [4.78, 5) is 12.4. The number of nitrogens with two attached hydrogens (primary N) is 1. The third-order valence-corrected chi connectivity index (χ3v) is 5.32. The van der Waals surface area contributed by atoms with E-state index in [9.17, 15) is 13.4 Å². The first-order chi connectivity index (χ1) is 9.97. The number of halogens is 1. The molecule has 1 fully saturated rings. The lowest BCUT2D eigenvalue weighted by molar-refractivity contribution is -0.121. The van der Waals surface area contributed by atoms with Gasteiger partial charge in [-0.05, 0) is 38.0 Å². The van der Waals surface area contributed by atoms with E-state index in [-0.39, 0.29) is 22.5 Å². The van der Waals surface area contributed by atoms with E-state index in [2.05, 4.69) is 5.32 Å². The van der Waals surface area contributed by atoms with Crippen LogP contribution in [0.5, 0.6) is 0 Å². The van der Waals surface area contributed by atoms with Crippen LogP contribution in [0.3, 0.4) is 0 Å². The van der Waals surface area contributed by atoms with Crippen molar-refractivity contribution < 1.29 is 13.4 Å². The molecule has 1 amide bonds. The molecule has 0 heterocycles. The monoisotopic (exact) mass is 312 g/mol. The van der Waals surface area contributed by atoms with Crippen LogP contribution >= 0.6 is 0 Å². The van der Waals surface area contributed by atoms with Crippen LogP contribution in [0.2, 0.25) is 0 Å². The molecule has 1 aromatic carbocycles. The molecule has 0 aromatic heterocycles. The molecule has 0 radical (unpaired) electrons. The zero-order chi connectivity index (χ0) is 15.4. The maximum absolute atomic E-state index is 13.3. The summed E-state index contributed by atoms with van der Waals surface area (Å²) in [5, 5.41) is 2.21. The van der Waals surface area contributed by atoms with Crippen molar-refractivity contribution in [2.75, 3.05) is 5.73 Å². The van der Waals surface area contributed by atoms with E-state index in [0.29, 0.717) is 0 Å². The third kappa shape index (κ3) is 4.27. The molecule has 0 bridgehead atoms. The number of amides is 1. The van der Waals surface area contributed by atoms with Crippen molar-refractivity contribution >= 4 is 22.4 Å². The molecular weight excluding hydrogens is 291 g/mol. The van der Waals surface area contributed by atoms with Gasteiger partial charge in [0.2, 0.25) is 5.91 Å². The zero-order valence-electron chi connectivity index (χ0n) is 12.1. The van der Waals surface area contributed by atoms with Gasteiger partial charge in [-0.3, -0.25) is 9.00 Å². The van der Waals surface area contributed by atoms with Crippen molar-refractivity contribution in [3.8, 4) is 0 Å². The lowest BCUT2D eigenvalue weighted by atomic mass is 9.95. The molecule has 116 valence electrons. The van der Waals surface area contributed by atoms with Crippen molar-refractivity contribution in [1.29, 1.82) is 0 Å². The Bertz CT molecular complexity index is 524. The second-order valence-electron chi connectivity index (χ2n) is 5.50. The van der Waals surface area contributed by atoms with Gasteiger partial charge in [-0.2, -0.15) is 0 Å². The molecule has 0 saturated heterocycles. The molecule has 1 aliphatic carbocycles. The Labute approximate surface area is 126 Å². The normalized spacial score (nSPS) is 19.0. The Balaban J connectivity index is 2.02. The highest BCUT2D eigenvalue weighted by Crippen LogP contribution is 2.20. The number of hydrogen-bond donors (Lipinski definition) is 2. The van der Waals surface area contributed by atoms with Crippen LogP contribution in [0.15, 0.2) is 23.1 Å². The first-order valence-electron chi connectivity index (χ1n) is 7.24. The smallest absolute Gasteiger partial charge is 0.236 e. The molecule has 21 heavy (non-hydrogen) atoms. The summed E-state index contributed by atoms with van der Waals surface area (Å²) in [5.74, 6) is -0.790. The van der Waals surface area contributed by atoms with Crippen molar-refractivity contribution in [3.05, 3.63) is 24.0 Å². The molecule has 6 heteroatoms. The van der Waals surface area contributed by atoms with Gasteiger partial charge < -0.3 is 11.1 Å². The molecule has 3 N–H and O–H groups in total. The first-order valence-corrected chi connectivity index (χ1v) is 8.45. The molecule has 0 aliphatic heterocycles. The summed E-state index contributed by atoms with van der Waals surface area (Å²) >= 11 is 0. The van der Waals surface area contributed by atoms with E-state index in [1.165, 1.54) is 12.5 Å². The Hall–Kier alpha value is -1.43. The summed E-state index contributed by atoms with van der Waals surface area (Å²) in [6.07, 6.45) is 5.37. The number of anilines is 1. The second kappa shape index (κ2) is 7.02. The summed E-state index contributed by atoms with van der Waals surface area (Å²) in [6.45, 7) is 1.59. The maximum Gasteiger partial charge on any atom is 0.236 e. The number of carbonyl (C=O) groups excluding carboxylic acids is 1. The van der Waals surface area contributed by atoms with Gasteiger partial charge in [-0.1, -0.05) is 19.3 Å². The number of benzene rings is 1. The molecule has 1 aliphatic rings. The average Bonchev–Trinajstić information content (AvgIpc) is 2.45. The molecule has 2 unspecified atom stereocenters. The highest BCUT2D eigenvalue weighted by Gasteiger charge is 2.25.